The first kappa shape index (κ1) is 17.9. The Morgan fingerprint density at radius 2 is 1.73 bits per heavy atom. The van der Waals surface area contributed by atoms with Gasteiger partial charge in [0.25, 0.3) is 0 Å². The maximum Gasteiger partial charge on any atom is 0.347 e. The first-order chi connectivity index (χ1) is 12.5. The summed E-state index contributed by atoms with van der Waals surface area (Å²) in [6, 6.07) is 15.3. The van der Waals surface area contributed by atoms with Gasteiger partial charge in [-0.1, -0.05) is 29.8 Å². The van der Waals surface area contributed by atoms with E-state index in [0.29, 0.717) is 29.7 Å². The molecule has 0 saturated heterocycles. The van der Waals surface area contributed by atoms with E-state index >= 15 is 0 Å². The lowest BCUT2D eigenvalue weighted by Gasteiger charge is -2.09. The van der Waals surface area contributed by atoms with Gasteiger partial charge < -0.3 is 14.6 Å². The van der Waals surface area contributed by atoms with Gasteiger partial charge in [0, 0.05) is 5.56 Å². The molecule has 0 bridgehead atoms. The lowest BCUT2D eigenvalue weighted by molar-refractivity contribution is 0.0701. The predicted molar refractivity (Wildman–Crippen MR) is 101 cm³/mol. The van der Waals surface area contributed by atoms with Crippen LogP contribution in [0.25, 0.3) is 10.6 Å². The lowest BCUT2D eigenvalue weighted by atomic mass is 10.2. The van der Waals surface area contributed by atoms with E-state index in [1.807, 2.05) is 55.5 Å². The molecule has 0 fully saturated rings. The average Bonchev–Trinajstić information content (AvgIpc) is 3.03. The topological polar surface area (TPSA) is 68.7 Å². The molecule has 0 aliphatic rings. The number of hydrogen-bond acceptors (Lipinski definition) is 5. The van der Waals surface area contributed by atoms with Crippen LogP contribution in [0.1, 0.15) is 20.9 Å². The van der Waals surface area contributed by atoms with Crippen LogP contribution >= 0.6 is 11.3 Å². The first-order valence-corrected chi connectivity index (χ1v) is 8.98. The summed E-state index contributed by atoms with van der Waals surface area (Å²) in [5, 5.41) is 9.83. The second-order valence-electron chi connectivity index (χ2n) is 5.78. The standard InChI is InChI=1S/C20H19NO4S/c1-13-6-8-16(9-7-13)24-10-11-25-17-5-3-4-15(12-17)19-21-14(2)18(26-19)20(22)23/h3-9,12H,10-11H2,1-2H3,(H,22,23). The van der Waals surface area contributed by atoms with E-state index in [0.717, 1.165) is 11.3 Å². The molecule has 2 aromatic carbocycles. The summed E-state index contributed by atoms with van der Waals surface area (Å²) in [5.41, 5.74) is 2.55. The molecule has 134 valence electrons. The molecule has 0 saturated carbocycles. The van der Waals surface area contributed by atoms with E-state index in [9.17, 15) is 4.79 Å². The van der Waals surface area contributed by atoms with Gasteiger partial charge in [0.05, 0.1) is 5.69 Å². The maximum absolute atomic E-state index is 11.2. The van der Waals surface area contributed by atoms with Crippen LogP contribution in [0.2, 0.25) is 0 Å². The molecule has 26 heavy (non-hydrogen) atoms. The number of aryl methyl sites for hydroxylation is 2. The summed E-state index contributed by atoms with van der Waals surface area (Å²) in [6.07, 6.45) is 0. The highest BCUT2D eigenvalue weighted by Gasteiger charge is 2.15. The van der Waals surface area contributed by atoms with E-state index in [2.05, 4.69) is 4.98 Å². The zero-order chi connectivity index (χ0) is 18.5. The summed E-state index contributed by atoms with van der Waals surface area (Å²) in [5.74, 6) is 0.555. The second-order valence-corrected chi connectivity index (χ2v) is 6.78. The number of benzene rings is 2. The molecule has 0 atom stereocenters. The van der Waals surface area contributed by atoms with Gasteiger partial charge in [0.15, 0.2) is 0 Å². The van der Waals surface area contributed by atoms with Gasteiger partial charge in [-0.25, -0.2) is 9.78 Å². The van der Waals surface area contributed by atoms with Crippen LogP contribution in [-0.4, -0.2) is 29.3 Å². The Bertz CT molecular complexity index is 902. The molecule has 1 N–H and O–H groups in total. The molecule has 1 aromatic heterocycles. The smallest absolute Gasteiger partial charge is 0.347 e. The van der Waals surface area contributed by atoms with E-state index in [1.165, 1.54) is 16.9 Å². The van der Waals surface area contributed by atoms with E-state index in [-0.39, 0.29) is 4.88 Å². The Morgan fingerprint density at radius 3 is 2.38 bits per heavy atom. The average molecular weight is 369 g/mol. The molecule has 0 aliphatic carbocycles. The van der Waals surface area contributed by atoms with Crippen molar-refractivity contribution in [1.29, 1.82) is 0 Å². The Hall–Kier alpha value is -2.86. The van der Waals surface area contributed by atoms with Crippen molar-refractivity contribution in [3.63, 3.8) is 0 Å². The lowest BCUT2D eigenvalue weighted by Crippen LogP contribution is -2.08. The number of carboxylic acid groups (broad SMARTS) is 1. The second kappa shape index (κ2) is 8.01. The first-order valence-electron chi connectivity index (χ1n) is 8.16. The highest BCUT2D eigenvalue weighted by atomic mass is 32.1. The number of aromatic nitrogens is 1. The maximum atomic E-state index is 11.2. The van der Waals surface area contributed by atoms with Gasteiger partial charge in [-0.3, -0.25) is 0 Å². The zero-order valence-electron chi connectivity index (χ0n) is 14.6. The van der Waals surface area contributed by atoms with Crippen molar-refractivity contribution in [2.24, 2.45) is 0 Å². The Kier molecular flexibility index (Phi) is 5.53. The van der Waals surface area contributed by atoms with Gasteiger partial charge in [-0.2, -0.15) is 0 Å². The zero-order valence-corrected chi connectivity index (χ0v) is 15.4. The molecule has 5 nitrogen and oxygen atoms in total. The minimum absolute atomic E-state index is 0.262. The van der Waals surface area contributed by atoms with Crippen LogP contribution < -0.4 is 9.47 Å². The summed E-state index contributed by atoms with van der Waals surface area (Å²) in [4.78, 5) is 15.8. The summed E-state index contributed by atoms with van der Waals surface area (Å²) in [6.45, 7) is 4.58. The fourth-order valence-corrected chi connectivity index (χ4v) is 3.29. The van der Waals surface area contributed by atoms with Crippen molar-refractivity contribution >= 4 is 17.3 Å². The van der Waals surface area contributed by atoms with Crippen molar-refractivity contribution in [2.75, 3.05) is 13.2 Å². The van der Waals surface area contributed by atoms with Crippen molar-refractivity contribution in [3.05, 3.63) is 64.7 Å². The Morgan fingerprint density at radius 1 is 1.04 bits per heavy atom. The van der Waals surface area contributed by atoms with Crippen molar-refractivity contribution in [2.45, 2.75) is 13.8 Å². The highest BCUT2D eigenvalue weighted by Crippen LogP contribution is 2.30. The number of carbonyl (C=O) groups is 1. The summed E-state index contributed by atoms with van der Waals surface area (Å²) in [7, 11) is 0. The summed E-state index contributed by atoms with van der Waals surface area (Å²) < 4.78 is 11.4. The number of thiazole rings is 1. The molecule has 0 spiro atoms. The molecule has 6 heteroatoms. The van der Waals surface area contributed by atoms with Gasteiger partial charge in [0.1, 0.15) is 34.6 Å². The van der Waals surface area contributed by atoms with Gasteiger partial charge in [-0.05, 0) is 38.1 Å². The number of rotatable bonds is 7. The minimum Gasteiger partial charge on any atom is -0.490 e. The van der Waals surface area contributed by atoms with Crippen LogP contribution in [-0.2, 0) is 0 Å². The van der Waals surface area contributed by atoms with Crippen LogP contribution in [0, 0.1) is 13.8 Å². The SMILES string of the molecule is Cc1ccc(OCCOc2cccc(-c3nc(C)c(C(=O)O)s3)c2)cc1. The molecule has 1 heterocycles. The quantitative estimate of drug-likeness (QED) is 0.617. The normalized spacial score (nSPS) is 10.5. The molecular formula is C20H19NO4S. The van der Waals surface area contributed by atoms with Crippen LogP contribution in [0.15, 0.2) is 48.5 Å². The van der Waals surface area contributed by atoms with Gasteiger partial charge in [-0.15, -0.1) is 11.3 Å². The van der Waals surface area contributed by atoms with Gasteiger partial charge in [0.2, 0.25) is 0 Å². The van der Waals surface area contributed by atoms with Crippen molar-refractivity contribution in [1.82, 2.24) is 4.98 Å². The molecule has 0 amide bonds. The monoisotopic (exact) mass is 369 g/mol. The number of ether oxygens (including phenoxy) is 2. The molecular weight excluding hydrogens is 350 g/mol. The molecule has 3 aromatic rings. The number of carboxylic acids is 1. The molecule has 3 rings (SSSR count). The molecule has 0 radical (unpaired) electrons. The fourth-order valence-electron chi connectivity index (χ4n) is 2.39. The van der Waals surface area contributed by atoms with Crippen LogP contribution in [0.4, 0.5) is 0 Å². The number of aromatic carboxylic acids is 1. The largest absolute Gasteiger partial charge is 0.490 e. The molecule has 0 unspecified atom stereocenters. The number of nitrogens with zero attached hydrogens (tertiary/aromatic N) is 1. The van der Waals surface area contributed by atoms with E-state index in [1.54, 1.807) is 6.92 Å². The van der Waals surface area contributed by atoms with Crippen LogP contribution in [0.3, 0.4) is 0 Å². The van der Waals surface area contributed by atoms with Crippen molar-refractivity contribution in [3.8, 4) is 22.1 Å². The van der Waals surface area contributed by atoms with E-state index in [4.69, 9.17) is 14.6 Å². The van der Waals surface area contributed by atoms with E-state index < -0.39 is 5.97 Å². The summed E-state index contributed by atoms with van der Waals surface area (Å²) >= 11 is 1.17. The Balaban J connectivity index is 1.60. The number of hydrogen-bond donors (Lipinski definition) is 1. The third kappa shape index (κ3) is 4.40. The molecule has 0 aliphatic heterocycles. The third-order valence-corrected chi connectivity index (χ3v) is 4.91. The third-order valence-electron chi connectivity index (χ3n) is 3.71. The van der Waals surface area contributed by atoms with Crippen molar-refractivity contribution < 1.29 is 19.4 Å². The minimum atomic E-state index is -0.952. The highest BCUT2D eigenvalue weighted by molar-refractivity contribution is 7.17. The predicted octanol–water partition coefficient (Wildman–Crippen LogP) is 4.58. The van der Waals surface area contributed by atoms with Gasteiger partial charge >= 0.3 is 5.97 Å². The fraction of sp³-hybridized carbons (Fsp3) is 0.200. The Labute approximate surface area is 155 Å². The van der Waals surface area contributed by atoms with Crippen LogP contribution in [0.5, 0.6) is 11.5 Å².